The Labute approximate surface area is 113 Å². The average Bonchev–Trinajstić information content (AvgIpc) is 2.81. The van der Waals surface area contributed by atoms with E-state index < -0.39 is 0 Å². The lowest BCUT2D eigenvalue weighted by molar-refractivity contribution is -0.0751. The second kappa shape index (κ2) is 5.02. The molecule has 0 aliphatic carbocycles. The van der Waals surface area contributed by atoms with Crippen LogP contribution in [0, 0.1) is 0 Å². The van der Waals surface area contributed by atoms with Gasteiger partial charge in [-0.15, -0.1) is 0 Å². The van der Waals surface area contributed by atoms with Crippen molar-refractivity contribution >= 4 is 0 Å². The van der Waals surface area contributed by atoms with E-state index in [0.29, 0.717) is 12.6 Å². The van der Waals surface area contributed by atoms with E-state index in [2.05, 4.69) is 18.7 Å². The average molecular weight is 263 g/mol. The summed E-state index contributed by atoms with van der Waals surface area (Å²) in [5, 5.41) is 9.52. The fourth-order valence-electron chi connectivity index (χ4n) is 3.06. The molecule has 1 aromatic rings. The molecule has 0 spiro atoms. The lowest BCUT2D eigenvalue weighted by Crippen LogP contribution is -2.50. The predicted octanol–water partition coefficient (Wildman–Crippen LogP) is 2.33. The molecular weight excluding hydrogens is 242 g/mol. The summed E-state index contributed by atoms with van der Waals surface area (Å²) in [5.41, 5.74) is 1.19. The van der Waals surface area contributed by atoms with Gasteiger partial charge in [0.1, 0.15) is 18.1 Å². The van der Waals surface area contributed by atoms with Crippen LogP contribution in [0.25, 0.3) is 0 Å². The molecule has 3 rings (SSSR count). The third kappa shape index (κ3) is 2.30. The Hall–Kier alpha value is -1.26. The number of nitrogens with zero attached hydrogens (tertiary/aromatic N) is 1. The summed E-state index contributed by atoms with van der Waals surface area (Å²) in [5.74, 6) is 1.08. The molecule has 0 bridgehead atoms. The van der Waals surface area contributed by atoms with Crippen molar-refractivity contribution in [3.05, 3.63) is 23.8 Å². The number of phenols is 1. The van der Waals surface area contributed by atoms with Gasteiger partial charge in [0, 0.05) is 24.2 Å². The Balaban J connectivity index is 1.87. The van der Waals surface area contributed by atoms with E-state index in [4.69, 9.17) is 9.47 Å². The van der Waals surface area contributed by atoms with Crippen LogP contribution in [0.15, 0.2) is 18.2 Å². The highest BCUT2D eigenvalue weighted by Crippen LogP contribution is 2.40. The third-order valence-electron chi connectivity index (χ3n) is 4.13. The normalized spacial score (nSPS) is 30.9. The molecule has 104 valence electrons. The first kappa shape index (κ1) is 12.8. The summed E-state index contributed by atoms with van der Waals surface area (Å²) < 4.78 is 11.5. The van der Waals surface area contributed by atoms with Gasteiger partial charge in [-0.3, -0.25) is 4.90 Å². The fourth-order valence-corrected chi connectivity index (χ4v) is 3.06. The van der Waals surface area contributed by atoms with Crippen LogP contribution < -0.4 is 4.74 Å². The van der Waals surface area contributed by atoms with E-state index in [1.807, 2.05) is 6.07 Å². The maximum Gasteiger partial charge on any atom is 0.127 e. The summed E-state index contributed by atoms with van der Waals surface area (Å²) in [6, 6.07) is 6.16. The first-order valence-corrected chi connectivity index (χ1v) is 7.02. The van der Waals surface area contributed by atoms with Crippen molar-refractivity contribution in [3.8, 4) is 11.5 Å². The zero-order chi connectivity index (χ0) is 13.4. The molecule has 4 nitrogen and oxygen atoms in total. The minimum absolute atomic E-state index is 0.266. The first-order chi connectivity index (χ1) is 9.19. The number of phenolic OH excluding ortho intramolecular Hbond substituents is 1. The molecule has 1 saturated heterocycles. The Morgan fingerprint density at radius 1 is 1.37 bits per heavy atom. The highest BCUT2D eigenvalue weighted by molar-refractivity contribution is 5.44. The number of ether oxygens (including phenoxy) is 2. The molecule has 0 amide bonds. The summed E-state index contributed by atoms with van der Waals surface area (Å²) in [6.07, 6.45) is 1.35. The van der Waals surface area contributed by atoms with Gasteiger partial charge in [0.05, 0.1) is 18.8 Å². The van der Waals surface area contributed by atoms with Gasteiger partial charge in [-0.05, 0) is 25.5 Å². The Bertz CT molecular complexity index is 463. The van der Waals surface area contributed by atoms with Crippen LogP contribution in [0.2, 0.25) is 0 Å². The second-order valence-electron chi connectivity index (χ2n) is 5.45. The van der Waals surface area contributed by atoms with Crippen molar-refractivity contribution in [1.82, 2.24) is 4.90 Å². The van der Waals surface area contributed by atoms with E-state index in [1.165, 1.54) is 5.56 Å². The molecule has 1 fully saturated rings. The number of hydrogen-bond acceptors (Lipinski definition) is 4. The largest absolute Gasteiger partial charge is 0.508 e. The molecule has 1 aromatic carbocycles. The quantitative estimate of drug-likeness (QED) is 0.889. The van der Waals surface area contributed by atoms with Crippen LogP contribution in [0.3, 0.4) is 0 Å². The van der Waals surface area contributed by atoms with Crippen LogP contribution >= 0.6 is 0 Å². The number of benzene rings is 1. The minimum Gasteiger partial charge on any atom is -0.508 e. The van der Waals surface area contributed by atoms with Gasteiger partial charge < -0.3 is 14.6 Å². The molecule has 4 heteroatoms. The van der Waals surface area contributed by atoms with Gasteiger partial charge in [-0.2, -0.15) is 0 Å². The molecule has 0 saturated carbocycles. The smallest absolute Gasteiger partial charge is 0.127 e. The lowest BCUT2D eigenvalue weighted by atomic mass is 10.0. The van der Waals surface area contributed by atoms with Crippen LogP contribution in [0.5, 0.6) is 11.5 Å². The lowest BCUT2D eigenvalue weighted by Gasteiger charge is -2.41. The van der Waals surface area contributed by atoms with Gasteiger partial charge in [-0.1, -0.05) is 6.92 Å². The maximum absolute atomic E-state index is 9.52. The number of fused-ring (bicyclic) bond motifs is 1. The van der Waals surface area contributed by atoms with Gasteiger partial charge in [0.15, 0.2) is 0 Å². The van der Waals surface area contributed by atoms with E-state index in [-0.39, 0.29) is 17.9 Å². The minimum atomic E-state index is 0.266. The third-order valence-corrected chi connectivity index (χ3v) is 4.13. The van der Waals surface area contributed by atoms with Crippen LogP contribution in [-0.4, -0.2) is 41.9 Å². The van der Waals surface area contributed by atoms with E-state index in [1.54, 1.807) is 12.1 Å². The number of aromatic hydroxyl groups is 1. The summed E-state index contributed by atoms with van der Waals surface area (Å²) >= 11 is 0. The number of morpholine rings is 1. The molecule has 2 aliphatic heterocycles. The van der Waals surface area contributed by atoms with E-state index in [0.717, 1.165) is 25.3 Å². The molecule has 3 atom stereocenters. The molecule has 0 aromatic heterocycles. The summed E-state index contributed by atoms with van der Waals surface area (Å²) in [7, 11) is 0. The van der Waals surface area contributed by atoms with Gasteiger partial charge in [0.2, 0.25) is 0 Å². The molecular formula is C15H21NO3. The summed E-state index contributed by atoms with van der Waals surface area (Å²) in [4.78, 5) is 2.50. The van der Waals surface area contributed by atoms with Crippen molar-refractivity contribution in [3.63, 3.8) is 0 Å². The predicted molar refractivity (Wildman–Crippen MR) is 72.5 cm³/mol. The van der Waals surface area contributed by atoms with Gasteiger partial charge >= 0.3 is 0 Å². The standard InChI is InChI=1S/C15H21NO3/c1-3-11-8-18-10(2)7-16(11)14-9-19-15-6-12(17)4-5-13(14)15/h4-6,10-11,14,17H,3,7-9H2,1-2H3. The Morgan fingerprint density at radius 3 is 3.00 bits per heavy atom. The highest BCUT2D eigenvalue weighted by atomic mass is 16.5. The number of hydrogen-bond donors (Lipinski definition) is 1. The monoisotopic (exact) mass is 263 g/mol. The molecule has 1 N–H and O–H groups in total. The fraction of sp³-hybridized carbons (Fsp3) is 0.600. The molecule has 2 aliphatic rings. The maximum atomic E-state index is 9.52. The van der Waals surface area contributed by atoms with Gasteiger partial charge in [0.25, 0.3) is 0 Å². The molecule has 0 radical (unpaired) electrons. The van der Waals surface area contributed by atoms with Crippen molar-refractivity contribution in [2.45, 2.75) is 38.5 Å². The highest BCUT2D eigenvalue weighted by Gasteiger charge is 2.36. The number of rotatable bonds is 2. The first-order valence-electron chi connectivity index (χ1n) is 7.02. The Morgan fingerprint density at radius 2 is 2.21 bits per heavy atom. The van der Waals surface area contributed by atoms with E-state index in [9.17, 15) is 5.11 Å². The second-order valence-corrected chi connectivity index (χ2v) is 5.45. The zero-order valence-corrected chi connectivity index (χ0v) is 11.5. The van der Waals surface area contributed by atoms with Crippen molar-refractivity contribution in [2.24, 2.45) is 0 Å². The molecule has 2 heterocycles. The summed E-state index contributed by atoms with van der Waals surface area (Å²) in [6.45, 7) is 6.72. The van der Waals surface area contributed by atoms with Crippen LogP contribution in [-0.2, 0) is 4.74 Å². The van der Waals surface area contributed by atoms with Gasteiger partial charge in [-0.25, -0.2) is 0 Å². The molecule has 3 unspecified atom stereocenters. The van der Waals surface area contributed by atoms with Crippen LogP contribution in [0.1, 0.15) is 31.9 Å². The SMILES string of the molecule is CCC1COC(C)CN1C1COc2cc(O)ccc21. The Kier molecular flexibility index (Phi) is 3.37. The van der Waals surface area contributed by atoms with Crippen molar-refractivity contribution in [1.29, 1.82) is 0 Å². The topological polar surface area (TPSA) is 41.9 Å². The zero-order valence-electron chi connectivity index (χ0n) is 11.5. The van der Waals surface area contributed by atoms with Crippen LogP contribution in [0.4, 0.5) is 0 Å². The van der Waals surface area contributed by atoms with E-state index >= 15 is 0 Å². The molecule has 19 heavy (non-hydrogen) atoms. The van der Waals surface area contributed by atoms with Crippen molar-refractivity contribution in [2.75, 3.05) is 19.8 Å². The van der Waals surface area contributed by atoms with Crippen molar-refractivity contribution < 1.29 is 14.6 Å².